The minimum absolute atomic E-state index is 0.142. The van der Waals surface area contributed by atoms with Crippen LogP contribution < -0.4 is 5.32 Å². The van der Waals surface area contributed by atoms with Crippen molar-refractivity contribution in [1.82, 2.24) is 13.7 Å². The number of thiazole rings is 1. The topological polar surface area (TPSA) is 66.7 Å². The van der Waals surface area contributed by atoms with Crippen molar-refractivity contribution in [2.45, 2.75) is 30.8 Å². The lowest BCUT2D eigenvalue weighted by molar-refractivity contribution is 0.461. The number of sulfonamides is 1. The van der Waals surface area contributed by atoms with Crippen LogP contribution in [0.25, 0.3) is 4.96 Å². The molecule has 0 aromatic carbocycles. The normalized spacial score (nSPS) is 16.4. The zero-order chi connectivity index (χ0) is 13.6. The Morgan fingerprint density at radius 2 is 2.32 bits per heavy atom. The SMILES string of the molecule is CCNc1nc2sccn2c1S(=O)(=O)N(C)C1CC1. The van der Waals surface area contributed by atoms with Crippen LogP contribution in [0, 0.1) is 0 Å². The first-order chi connectivity index (χ1) is 9.05. The van der Waals surface area contributed by atoms with Crippen LogP contribution in [-0.4, -0.2) is 41.7 Å². The molecule has 2 aromatic heterocycles. The van der Waals surface area contributed by atoms with E-state index in [-0.39, 0.29) is 11.1 Å². The molecule has 3 rings (SSSR count). The molecule has 1 N–H and O–H groups in total. The van der Waals surface area contributed by atoms with Gasteiger partial charge in [0.25, 0.3) is 10.0 Å². The molecule has 0 unspecified atom stereocenters. The molecular weight excluding hydrogens is 284 g/mol. The van der Waals surface area contributed by atoms with Crippen molar-refractivity contribution in [2.75, 3.05) is 18.9 Å². The van der Waals surface area contributed by atoms with Gasteiger partial charge in [0.15, 0.2) is 15.8 Å². The summed E-state index contributed by atoms with van der Waals surface area (Å²) in [4.78, 5) is 5.05. The zero-order valence-electron chi connectivity index (χ0n) is 10.8. The van der Waals surface area contributed by atoms with Crippen molar-refractivity contribution in [3.63, 3.8) is 0 Å². The van der Waals surface area contributed by atoms with Crippen molar-refractivity contribution in [2.24, 2.45) is 0 Å². The van der Waals surface area contributed by atoms with E-state index in [0.29, 0.717) is 17.3 Å². The van der Waals surface area contributed by atoms with Gasteiger partial charge < -0.3 is 5.32 Å². The molecule has 1 aliphatic carbocycles. The third kappa shape index (κ3) is 2.03. The highest BCUT2D eigenvalue weighted by molar-refractivity contribution is 7.89. The summed E-state index contributed by atoms with van der Waals surface area (Å²) < 4.78 is 28.5. The Labute approximate surface area is 116 Å². The number of aromatic nitrogens is 2. The summed E-state index contributed by atoms with van der Waals surface area (Å²) in [6.45, 7) is 2.56. The molecule has 2 aromatic rings. The molecule has 1 aliphatic rings. The predicted octanol–water partition coefficient (Wildman–Crippen LogP) is 1.61. The van der Waals surface area contributed by atoms with E-state index in [4.69, 9.17) is 0 Å². The second-order valence-electron chi connectivity index (χ2n) is 4.60. The number of hydrogen-bond acceptors (Lipinski definition) is 5. The standard InChI is InChI=1S/C11H16N4O2S2/c1-3-12-9-10(15-6-7-18-11(15)13-9)19(16,17)14(2)8-4-5-8/h6-8,12H,3-5H2,1-2H3. The fourth-order valence-corrected chi connectivity index (χ4v) is 4.47. The summed E-state index contributed by atoms with van der Waals surface area (Å²) >= 11 is 1.43. The van der Waals surface area contributed by atoms with Crippen LogP contribution in [-0.2, 0) is 10.0 Å². The molecule has 1 fully saturated rings. The monoisotopic (exact) mass is 300 g/mol. The van der Waals surface area contributed by atoms with Gasteiger partial charge in [-0.3, -0.25) is 4.40 Å². The van der Waals surface area contributed by atoms with Gasteiger partial charge in [-0.15, -0.1) is 11.3 Å². The van der Waals surface area contributed by atoms with Gasteiger partial charge in [0, 0.05) is 31.2 Å². The Bertz CT molecular complexity index is 699. The van der Waals surface area contributed by atoms with Crippen LogP contribution in [0.1, 0.15) is 19.8 Å². The number of rotatable bonds is 5. The van der Waals surface area contributed by atoms with E-state index >= 15 is 0 Å². The Hall–Kier alpha value is -1.12. The van der Waals surface area contributed by atoms with Gasteiger partial charge in [-0.25, -0.2) is 13.4 Å². The average Bonchev–Trinajstić information content (AvgIpc) is 3.01. The smallest absolute Gasteiger partial charge is 0.262 e. The van der Waals surface area contributed by atoms with Crippen molar-refractivity contribution < 1.29 is 8.42 Å². The maximum absolute atomic E-state index is 12.7. The number of anilines is 1. The van der Waals surface area contributed by atoms with E-state index in [1.807, 2.05) is 12.3 Å². The maximum atomic E-state index is 12.7. The van der Waals surface area contributed by atoms with Crippen LogP contribution in [0.15, 0.2) is 16.6 Å². The van der Waals surface area contributed by atoms with Gasteiger partial charge in [0.2, 0.25) is 0 Å². The summed E-state index contributed by atoms with van der Waals surface area (Å²) in [5, 5.41) is 5.13. The Balaban J connectivity index is 2.15. The molecular formula is C11H16N4O2S2. The minimum atomic E-state index is -3.50. The van der Waals surface area contributed by atoms with Gasteiger partial charge in [-0.05, 0) is 19.8 Å². The lowest BCUT2D eigenvalue weighted by atomic mass is 10.6. The Kier molecular flexibility index (Phi) is 3.03. The third-order valence-electron chi connectivity index (χ3n) is 3.25. The van der Waals surface area contributed by atoms with E-state index < -0.39 is 10.0 Å². The first kappa shape index (κ1) is 12.9. The van der Waals surface area contributed by atoms with Crippen LogP contribution >= 0.6 is 11.3 Å². The van der Waals surface area contributed by atoms with Crippen molar-refractivity contribution in [1.29, 1.82) is 0 Å². The predicted molar refractivity (Wildman–Crippen MR) is 75.2 cm³/mol. The molecule has 2 heterocycles. The van der Waals surface area contributed by atoms with Gasteiger partial charge in [-0.1, -0.05) is 0 Å². The number of nitrogens with one attached hydrogen (secondary N) is 1. The molecule has 0 aliphatic heterocycles. The van der Waals surface area contributed by atoms with Crippen LogP contribution in [0.5, 0.6) is 0 Å². The van der Waals surface area contributed by atoms with Crippen molar-refractivity contribution in [3.8, 4) is 0 Å². The number of fused-ring (bicyclic) bond motifs is 1. The zero-order valence-corrected chi connectivity index (χ0v) is 12.5. The van der Waals surface area contributed by atoms with E-state index in [1.165, 1.54) is 15.6 Å². The lowest BCUT2D eigenvalue weighted by Gasteiger charge is -2.16. The molecule has 19 heavy (non-hydrogen) atoms. The number of imidazole rings is 1. The molecule has 0 amide bonds. The molecule has 0 bridgehead atoms. The van der Waals surface area contributed by atoms with E-state index in [1.54, 1.807) is 17.6 Å². The molecule has 0 saturated heterocycles. The maximum Gasteiger partial charge on any atom is 0.262 e. The fourth-order valence-electron chi connectivity index (χ4n) is 2.06. The Morgan fingerprint density at radius 3 is 2.95 bits per heavy atom. The third-order valence-corrected chi connectivity index (χ3v) is 5.94. The summed E-state index contributed by atoms with van der Waals surface area (Å²) in [5.74, 6) is 0.446. The summed E-state index contributed by atoms with van der Waals surface area (Å²) in [6.07, 6.45) is 3.64. The minimum Gasteiger partial charge on any atom is -0.368 e. The largest absolute Gasteiger partial charge is 0.368 e. The van der Waals surface area contributed by atoms with Crippen LogP contribution in [0.4, 0.5) is 5.82 Å². The van der Waals surface area contributed by atoms with Gasteiger partial charge in [0.1, 0.15) is 0 Å². The van der Waals surface area contributed by atoms with Crippen LogP contribution in [0.3, 0.4) is 0 Å². The average molecular weight is 300 g/mol. The van der Waals surface area contributed by atoms with E-state index in [2.05, 4.69) is 10.3 Å². The summed E-state index contributed by atoms with van der Waals surface area (Å²) in [7, 11) is -1.86. The first-order valence-electron chi connectivity index (χ1n) is 6.23. The van der Waals surface area contributed by atoms with Crippen molar-refractivity contribution >= 4 is 32.1 Å². The van der Waals surface area contributed by atoms with Crippen LogP contribution in [0.2, 0.25) is 0 Å². The van der Waals surface area contributed by atoms with Gasteiger partial charge in [-0.2, -0.15) is 4.31 Å². The second-order valence-corrected chi connectivity index (χ2v) is 7.39. The second kappa shape index (κ2) is 4.46. The summed E-state index contributed by atoms with van der Waals surface area (Å²) in [6, 6.07) is 0.142. The number of nitrogens with zero attached hydrogens (tertiary/aromatic N) is 3. The molecule has 104 valence electrons. The molecule has 0 spiro atoms. The highest BCUT2D eigenvalue weighted by Crippen LogP contribution is 2.34. The Morgan fingerprint density at radius 1 is 1.58 bits per heavy atom. The van der Waals surface area contributed by atoms with Gasteiger partial charge >= 0.3 is 0 Å². The molecule has 0 atom stereocenters. The summed E-state index contributed by atoms with van der Waals surface area (Å²) in [5.41, 5.74) is 0. The fraction of sp³-hybridized carbons (Fsp3) is 0.545. The molecule has 8 heteroatoms. The quantitative estimate of drug-likeness (QED) is 0.911. The highest BCUT2D eigenvalue weighted by Gasteiger charge is 2.38. The van der Waals surface area contributed by atoms with Gasteiger partial charge in [0.05, 0.1) is 0 Å². The van der Waals surface area contributed by atoms with E-state index in [9.17, 15) is 8.42 Å². The molecule has 1 saturated carbocycles. The first-order valence-corrected chi connectivity index (χ1v) is 8.55. The molecule has 0 radical (unpaired) electrons. The highest BCUT2D eigenvalue weighted by atomic mass is 32.2. The lowest BCUT2D eigenvalue weighted by Crippen LogP contribution is -2.30. The van der Waals surface area contributed by atoms with E-state index in [0.717, 1.165) is 12.8 Å². The number of hydrogen-bond donors (Lipinski definition) is 1. The molecule has 6 nitrogen and oxygen atoms in total. The van der Waals surface area contributed by atoms with Crippen molar-refractivity contribution in [3.05, 3.63) is 11.6 Å².